The Morgan fingerprint density at radius 3 is 2.00 bits per heavy atom. The summed E-state index contributed by atoms with van der Waals surface area (Å²) in [6.07, 6.45) is 1.65. The van der Waals surface area contributed by atoms with Gasteiger partial charge < -0.3 is 14.2 Å². The van der Waals surface area contributed by atoms with Gasteiger partial charge >= 0.3 is 5.97 Å². The summed E-state index contributed by atoms with van der Waals surface area (Å²) in [4.78, 5) is 14.0. The lowest BCUT2D eigenvalue weighted by Gasteiger charge is -2.09. The molecule has 0 aliphatic heterocycles. The SMILES string of the molecule is COc1ccc(C(=O)OC(=Nn2cc(-c3ccccc3)nn2)c2ccc(OC)cc2)cc1. The minimum Gasteiger partial charge on any atom is -0.497 e. The van der Waals surface area contributed by atoms with E-state index in [4.69, 9.17) is 14.2 Å². The van der Waals surface area contributed by atoms with E-state index in [1.165, 1.54) is 4.79 Å². The van der Waals surface area contributed by atoms with E-state index in [1.54, 1.807) is 68.9 Å². The van der Waals surface area contributed by atoms with Crippen molar-refractivity contribution in [2.75, 3.05) is 14.2 Å². The van der Waals surface area contributed by atoms with E-state index in [0.717, 1.165) is 5.56 Å². The number of hydrogen-bond donors (Lipinski definition) is 0. The van der Waals surface area contributed by atoms with Crippen LogP contribution in [0.4, 0.5) is 0 Å². The van der Waals surface area contributed by atoms with Crippen molar-refractivity contribution in [3.05, 3.63) is 96.2 Å². The topological polar surface area (TPSA) is 87.8 Å². The summed E-state index contributed by atoms with van der Waals surface area (Å²) in [5.74, 6) is 0.812. The molecule has 160 valence electrons. The molecule has 4 aromatic rings. The molecule has 0 unspecified atom stereocenters. The first-order valence-electron chi connectivity index (χ1n) is 9.73. The highest BCUT2D eigenvalue weighted by molar-refractivity contribution is 6.05. The van der Waals surface area contributed by atoms with Crippen LogP contribution in [0.3, 0.4) is 0 Å². The Morgan fingerprint density at radius 2 is 1.41 bits per heavy atom. The summed E-state index contributed by atoms with van der Waals surface area (Å²) in [6, 6.07) is 23.2. The number of rotatable bonds is 6. The number of benzene rings is 3. The van der Waals surface area contributed by atoms with E-state index >= 15 is 0 Å². The third kappa shape index (κ3) is 4.81. The molecule has 1 heterocycles. The average Bonchev–Trinajstić information content (AvgIpc) is 3.33. The molecule has 8 nitrogen and oxygen atoms in total. The second-order valence-electron chi connectivity index (χ2n) is 6.64. The lowest BCUT2D eigenvalue weighted by atomic mass is 10.2. The molecule has 0 amide bonds. The van der Waals surface area contributed by atoms with Crippen LogP contribution in [-0.2, 0) is 4.74 Å². The minimum atomic E-state index is -0.564. The minimum absolute atomic E-state index is 0.0676. The molecule has 0 spiro atoms. The standard InChI is InChI=1S/C24H20N4O4/c1-30-20-12-8-18(9-13-20)23(32-24(29)19-10-14-21(31-2)15-11-19)26-28-16-22(25-27-28)17-6-4-3-5-7-17/h3-16H,1-2H3. The number of ether oxygens (including phenoxy) is 3. The van der Waals surface area contributed by atoms with Gasteiger partial charge in [-0.15, -0.1) is 15.0 Å². The molecule has 0 radical (unpaired) electrons. The summed E-state index contributed by atoms with van der Waals surface area (Å²) in [7, 11) is 3.14. The van der Waals surface area contributed by atoms with Crippen molar-refractivity contribution in [2.24, 2.45) is 5.10 Å². The highest BCUT2D eigenvalue weighted by atomic mass is 16.5. The Balaban J connectivity index is 1.65. The van der Waals surface area contributed by atoms with Crippen LogP contribution in [-0.4, -0.2) is 41.2 Å². The third-order valence-electron chi connectivity index (χ3n) is 4.60. The maximum atomic E-state index is 12.8. The van der Waals surface area contributed by atoms with Crippen LogP contribution >= 0.6 is 0 Å². The predicted octanol–water partition coefficient (Wildman–Crippen LogP) is 4.03. The van der Waals surface area contributed by atoms with Crippen molar-refractivity contribution in [2.45, 2.75) is 0 Å². The van der Waals surface area contributed by atoms with Gasteiger partial charge in [0.1, 0.15) is 17.2 Å². The Bertz CT molecular complexity index is 1220. The molecule has 8 heteroatoms. The van der Waals surface area contributed by atoms with E-state index in [1.807, 2.05) is 30.3 Å². The normalized spacial score (nSPS) is 11.1. The molecule has 3 aromatic carbocycles. The average molecular weight is 428 g/mol. The van der Waals surface area contributed by atoms with E-state index in [-0.39, 0.29) is 5.90 Å². The lowest BCUT2D eigenvalue weighted by molar-refractivity contribution is 0.0716. The van der Waals surface area contributed by atoms with E-state index in [2.05, 4.69) is 15.4 Å². The lowest BCUT2D eigenvalue weighted by Crippen LogP contribution is -2.15. The van der Waals surface area contributed by atoms with Gasteiger partial charge in [-0.3, -0.25) is 0 Å². The highest BCUT2D eigenvalue weighted by Crippen LogP contribution is 2.17. The molecule has 32 heavy (non-hydrogen) atoms. The number of carbonyl (C=O) groups excluding carboxylic acids is 1. The van der Waals surface area contributed by atoms with Crippen molar-refractivity contribution in [1.29, 1.82) is 0 Å². The number of hydrogen-bond acceptors (Lipinski definition) is 7. The fraction of sp³-hybridized carbons (Fsp3) is 0.0833. The van der Waals surface area contributed by atoms with Gasteiger partial charge in [0, 0.05) is 11.1 Å². The monoisotopic (exact) mass is 428 g/mol. The molecule has 0 atom stereocenters. The zero-order valence-electron chi connectivity index (χ0n) is 17.5. The van der Waals surface area contributed by atoms with Crippen LogP contribution in [0.5, 0.6) is 11.5 Å². The van der Waals surface area contributed by atoms with E-state index in [0.29, 0.717) is 28.3 Å². The fourth-order valence-corrected chi connectivity index (χ4v) is 2.88. The van der Waals surface area contributed by atoms with Crippen LogP contribution in [0.15, 0.2) is 90.2 Å². The van der Waals surface area contributed by atoms with Crippen molar-refractivity contribution in [3.8, 4) is 22.8 Å². The van der Waals surface area contributed by atoms with Gasteiger partial charge in [0.25, 0.3) is 0 Å². The highest BCUT2D eigenvalue weighted by Gasteiger charge is 2.15. The fourth-order valence-electron chi connectivity index (χ4n) is 2.88. The Labute approximate surface area is 184 Å². The Morgan fingerprint density at radius 1 is 0.812 bits per heavy atom. The van der Waals surface area contributed by atoms with Gasteiger partial charge in [0.05, 0.1) is 26.0 Å². The van der Waals surface area contributed by atoms with Crippen molar-refractivity contribution >= 4 is 11.9 Å². The number of methoxy groups -OCH3 is 2. The van der Waals surface area contributed by atoms with Crippen LogP contribution in [0.25, 0.3) is 11.3 Å². The van der Waals surface area contributed by atoms with Gasteiger partial charge in [-0.05, 0) is 53.7 Å². The zero-order valence-corrected chi connectivity index (χ0v) is 17.5. The van der Waals surface area contributed by atoms with Crippen LogP contribution < -0.4 is 9.47 Å². The summed E-state index contributed by atoms with van der Waals surface area (Å²) in [6.45, 7) is 0. The molecule has 0 bridgehead atoms. The summed E-state index contributed by atoms with van der Waals surface area (Å²) in [5.41, 5.74) is 2.47. The van der Waals surface area contributed by atoms with Gasteiger partial charge in [-0.1, -0.05) is 30.3 Å². The van der Waals surface area contributed by atoms with E-state index < -0.39 is 5.97 Å². The Kier molecular flexibility index (Phi) is 6.22. The molecule has 0 aliphatic carbocycles. The van der Waals surface area contributed by atoms with Crippen molar-refractivity contribution in [1.82, 2.24) is 15.1 Å². The molecule has 0 N–H and O–H groups in total. The number of carbonyl (C=O) groups is 1. The molecular weight excluding hydrogens is 408 g/mol. The number of aromatic nitrogens is 3. The van der Waals surface area contributed by atoms with Gasteiger partial charge in [-0.2, -0.15) is 0 Å². The maximum Gasteiger partial charge on any atom is 0.344 e. The first-order valence-corrected chi connectivity index (χ1v) is 9.73. The molecule has 0 fully saturated rings. The van der Waals surface area contributed by atoms with Gasteiger partial charge in [-0.25, -0.2) is 4.79 Å². The summed E-state index contributed by atoms with van der Waals surface area (Å²) < 4.78 is 16.0. The molecule has 4 rings (SSSR count). The van der Waals surface area contributed by atoms with Gasteiger partial charge in [0.2, 0.25) is 5.90 Å². The maximum absolute atomic E-state index is 12.8. The van der Waals surface area contributed by atoms with Crippen LogP contribution in [0.1, 0.15) is 15.9 Å². The third-order valence-corrected chi connectivity index (χ3v) is 4.60. The number of esters is 1. The largest absolute Gasteiger partial charge is 0.497 e. The summed E-state index contributed by atoms with van der Waals surface area (Å²) >= 11 is 0. The van der Waals surface area contributed by atoms with Crippen LogP contribution in [0, 0.1) is 0 Å². The molecule has 0 aliphatic rings. The van der Waals surface area contributed by atoms with Crippen LogP contribution in [0.2, 0.25) is 0 Å². The van der Waals surface area contributed by atoms with Gasteiger partial charge in [0.15, 0.2) is 0 Å². The smallest absolute Gasteiger partial charge is 0.344 e. The summed E-state index contributed by atoms with van der Waals surface area (Å²) in [5, 5.41) is 12.6. The second-order valence-corrected chi connectivity index (χ2v) is 6.64. The first-order chi connectivity index (χ1) is 15.7. The van der Waals surface area contributed by atoms with Crippen molar-refractivity contribution < 1.29 is 19.0 Å². The second kappa shape index (κ2) is 9.57. The molecule has 1 aromatic heterocycles. The Hall–Kier alpha value is -4.46. The molecular formula is C24H20N4O4. The van der Waals surface area contributed by atoms with Crippen molar-refractivity contribution in [3.63, 3.8) is 0 Å². The molecule has 0 saturated carbocycles. The molecule has 0 saturated heterocycles. The first kappa shape index (κ1) is 20.8. The zero-order chi connectivity index (χ0) is 22.3. The van der Waals surface area contributed by atoms with E-state index in [9.17, 15) is 4.79 Å². The quantitative estimate of drug-likeness (QED) is 0.262. The predicted molar refractivity (Wildman–Crippen MR) is 119 cm³/mol. The number of nitrogens with zero attached hydrogens (tertiary/aromatic N) is 4.